The smallest absolute Gasteiger partial charge is 0.190 e. The second-order valence-electron chi connectivity index (χ2n) is 12.4. The van der Waals surface area contributed by atoms with Gasteiger partial charge in [-0.15, -0.1) is 0 Å². The number of ether oxygens (including phenoxy) is 10. The Morgan fingerprint density at radius 3 is 0.940 bits per heavy atom. The molecule has 0 fully saturated rings. The monoisotopic (exact) mass is 713 g/mol. The van der Waals surface area contributed by atoms with Gasteiger partial charge >= 0.3 is 0 Å². The summed E-state index contributed by atoms with van der Waals surface area (Å²) in [5.74, 6) is 0. The molecule has 0 N–H and O–H groups in total. The molecule has 0 spiro atoms. The highest BCUT2D eigenvalue weighted by molar-refractivity contribution is 5.16. The lowest BCUT2D eigenvalue weighted by Gasteiger charge is -2.55. The van der Waals surface area contributed by atoms with Crippen molar-refractivity contribution in [1.82, 2.24) is 0 Å². The summed E-state index contributed by atoms with van der Waals surface area (Å²) in [4.78, 5) is 0. The van der Waals surface area contributed by atoms with Crippen LogP contribution in [0.5, 0.6) is 0 Å². The summed E-state index contributed by atoms with van der Waals surface area (Å²) in [6.45, 7) is 25.5. The van der Waals surface area contributed by atoms with Crippen LogP contribution in [-0.4, -0.2) is 95.1 Å². The molecule has 0 aromatic rings. The van der Waals surface area contributed by atoms with Crippen molar-refractivity contribution < 1.29 is 47.4 Å². The van der Waals surface area contributed by atoms with Gasteiger partial charge in [0.2, 0.25) is 0 Å². The highest BCUT2D eigenvalue weighted by Crippen LogP contribution is 2.47. The topological polar surface area (TPSA) is 92.3 Å². The highest BCUT2D eigenvalue weighted by Gasteiger charge is 2.66. The molecule has 0 aliphatic carbocycles. The maximum absolute atomic E-state index is 6.79. The van der Waals surface area contributed by atoms with Gasteiger partial charge in [-0.05, 0) is 97.1 Å². The molecular weight excluding hydrogens is 640 g/mol. The van der Waals surface area contributed by atoms with Crippen molar-refractivity contribution in [3.8, 4) is 0 Å². The van der Waals surface area contributed by atoms with Crippen LogP contribution in [0.1, 0.15) is 101 Å². The van der Waals surface area contributed by atoms with Crippen LogP contribution < -0.4 is 0 Å². The molecule has 4 atom stereocenters. The van der Waals surface area contributed by atoms with E-state index in [2.05, 4.69) is 34.6 Å². The van der Waals surface area contributed by atoms with Crippen LogP contribution >= 0.6 is 0 Å². The third-order valence-corrected chi connectivity index (χ3v) is 8.23. The van der Waals surface area contributed by atoms with Gasteiger partial charge in [-0.2, -0.15) is 0 Å². The fourth-order valence-electron chi connectivity index (χ4n) is 4.76. The summed E-state index contributed by atoms with van der Waals surface area (Å²) < 4.78 is 61.1. The molecule has 0 aliphatic rings. The van der Waals surface area contributed by atoms with Crippen molar-refractivity contribution in [3.05, 3.63) is 61.7 Å². The van der Waals surface area contributed by atoms with Gasteiger partial charge in [-0.25, -0.2) is 0 Å². The van der Waals surface area contributed by atoms with Crippen molar-refractivity contribution in [2.45, 2.75) is 130 Å². The molecule has 0 aromatic heterocycles. The molecule has 0 aliphatic heterocycles. The third kappa shape index (κ3) is 18.1. The average molecular weight is 713 g/mol. The SMILES string of the molecule is CCCOCC=COC(C)C(C)(OC=CCOCCC)C(C)(OC=CCOCCC)C(C)(OC=CCOCCC)C(C)OC=CCOCCC. The molecular formula is C40H72O10. The van der Waals surface area contributed by atoms with Gasteiger partial charge in [0.05, 0.1) is 64.3 Å². The van der Waals surface area contributed by atoms with E-state index in [4.69, 9.17) is 47.4 Å². The summed E-state index contributed by atoms with van der Waals surface area (Å²) >= 11 is 0. The summed E-state index contributed by atoms with van der Waals surface area (Å²) in [6.07, 6.45) is 21.0. The molecule has 0 amide bonds. The molecule has 0 bridgehead atoms. The molecule has 0 radical (unpaired) electrons. The van der Waals surface area contributed by atoms with E-state index in [-0.39, 0.29) is 0 Å². The van der Waals surface area contributed by atoms with E-state index in [1.807, 2.05) is 65.0 Å². The Morgan fingerprint density at radius 1 is 0.400 bits per heavy atom. The van der Waals surface area contributed by atoms with Crippen LogP contribution in [0.4, 0.5) is 0 Å². The molecule has 10 nitrogen and oxygen atoms in total. The first-order chi connectivity index (χ1) is 24.1. The maximum atomic E-state index is 6.79. The first kappa shape index (κ1) is 47.5. The zero-order valence-corrected chi connectivity index (χ0v) is 33.1. The Labute approximate surface area is 305 Å². The van der Waals surface area contributed by atoms with Gasteiger partial charge < -0.3 is 47.4 Å². The van der Waals surface area contributed by atoms with Gasteiger partial charge in [-0.1, -0.05) is 34.6 Å². The third-order valence-electron chi connectivity index (χ3n) is 8.23. The normalized spacial score (nSPS) is 17.3. The van der Waals surface area contributed by atoms with Crippen molar-refractivity contribution >= 4 is 0 Å². The zero-order chi connectivity index (χ0) is 37.4. The molecule has 0 saturated heterocycles. The van der Waals surface area contributed by atoms with Gasteiger partial charge in [0.25, 0.3) is 0 Å². The Hall–Kier alpha value is -2.50. The lowest BCUT2D eigenvalue weighted by molar-refractivity contribution is -0.277. The van der Waals surface area contributed by atoms with E-state index >= 15 is 0 Å². The zero-order valence-electron chi connectivity index (χ0n) is 33.1. The summed E-state index contributed by atoms with van der Waals surface area (Å²) in [5.41, 5.74) is -3.66. The Morgan fingerprint density at radius 2 is 0.660 bits per heavy atom. The summed E-state index contributed by atoms with van der Waals surface area (Å²) in [5, 5.41) is 0. The first-order valence-electron chi connectivity index (χ1n) is 18.6. The predicted molar refractivity (Wildman–Crippen MR) is 201 cm³/mol. The lowest BCUT2D eigenvalue weighted by atomic mass is 9.68. The van der Waals surface area contributed by atoms with Crippen LogP contribution in [-0.2, 0) is 47.4 Å². The van der Waals surface area contributed by atoms with E-state index in [1.165, 1.54) is 0 Å². The van der Waals surface area contributed by atoms with Crippen LogP contribution in [0.3, 0.4) is 0 Å². The largest absolute Gasteiger partial charge is 0.494 e. The quantitative estimate of drug-likeness (QED) is 0.0476. The minimum absolute atomic E-state index is 0.390. The van der Waals surface area contributed by atoms with E-state index < -0.39 is 29.0 Å². The number of rotatable bonds is 34. The van der Waals surface area contributed by atoms with Crippen molar-refractivity contribution in [1.29, 1.82) is 0 Å². The van der Waals surface area contributed by atoms with E-state index in [0.717, 1.165) is 32.1 Å². The highest BCUT2D eigenvalue weighted by atomic mass is 16.6. The van der Waals surface area contributed by atoms with Gasteiger partial charge in [0.1, 0.15) is 12.2 Å². The second kappa shape index (κ2) is 30.2. The Kier molecular flexibility index (Phi) is 28.6. The summed E-state index contributed by atoms with van der Waals surface area (Å²) in [6, 6.07) is 0. The van der Waals surface area contributed by atoms with Crippen molar-refractivity contribution in [2.24, 2.45) is 0 Å². The molecule has 292 valence electrons. The van der Waals surface area contributed by atoms with Crippen LogP contribution in [0.15, 0.2) is 61.7 Å². The fourth-order valence-corrected chi connectivity index (χ4v) is 4.76. The minimum atomic E-state index is -1.28. The minimum Gasteiger partial charge on any atom is -0.494 e. The van der Waals surface area contributed by atoms with E-state index in [9.17, 15) is 0 Å². The average Bonchev–Trinajstić information content (AvgIpc) is 3.11. The Balaban J connectivity index is 7.00. The molecule has 50 heavy (non-hydrogen) atoms. The van der Waals surface area contributed by atoms with E-state index in [0.29, 0.717) is 66.1 Å². The van der Waals surface area contributed by atoms with Gasteiger partial charge in [0.15, 0.2) is 16.8 Å². The predicted octanol–water partition coefficient (Wildman–Crippen LogP) is 8.82. The van der Waals surface area contributed by atoms with Crippen LogP contribution in [0, 0.1) is 0 Å². The fraction of sp³-hybridized carbons (Fsp3) is 0.750. The molecule has 4 unspecified atom stereocenters. The second-order valence-corrected chi connectivity index (χ2v) is 12.4. The number of hydrogen-bond acceptors (Lipinski definition) is 10. The van der Waals surface area contributed by atoms with Gasteiger partial charge in [-0.3, -0.25) is 0 Å². The summed E-state index contributed by atoms with van der Waals surface area (Å²) in [7, 11) is 0. The lowest BCUT2D eigenvalue weighted by Crippen LogP contribution is -2.72. The van der Waals surface area contributed by atoms with Crippen molar-refractivity contribution in [3.63, 3.8) is 0 Å². The number of hydrogen-bond donors (Lipinski definition) is 0. The van der Waals surface area contributed by atoms with Crippen LogP contribution in [0.2, 0.25) is 0 Å². The molecule has 0 heterocycles. The molecule has 0 rings (SSSR count). The molecule has 0 saturated carbocycles. The molecule has 0 aromatic carbocycles. The standard InChI is InChI=1S/C40H72O10/c1-11-21-41-26-16-31-46-36(6)38(8,48-33-18-28-43-23-13-3)40(10,50-35-20-30-45-25-15-5)39(9,49-34-19-29-44-24-14-4)37(7)47-32-17-27-42-22-12-2/h16-20,31-37H,11-15,21-30H2,1-10H3. The maximum Gasteiger partial charge on any atom is 0.190 e. The van der Waals surface area contributed by atoms with E-state index in [1.54, 1.807) is 31.3 Å². The first-order valence-corrected chi connectivity index (χ1v) is 18.6. The van der Waals surface area contributed by atoms with Crippen LogP contribution in [0.25, 0.3) is 0 Å². The molecule has 10 heteroatoms. The van der Waals surface area contributed by atoms with Gasteiger partial charge in [0, 0.05) is 33.0 Å². The van der Waals surface area contributed by atoms with Crippen molar-refractivity contribution in [2.75, 3.05) is 66.1 Å². The Bertz CT molecular complexity index is 873.